The molecule has 0 aliphatic carbocycles. The molecular weight excluding hydrogens is 406 g/mol. The zero-order valence-corrected chi connectivity index (χ0v) is 18.3. The van der Waals surface area contributed by atoms with Crippen LogP contribution < -0.4 is 10.2 Å². The number of methoxy groups -OCH3 is 1. The quantitative estimate of drug-likeness (QED) is 0.500. The number of aromatic nitrogens is 3. The van der Waals surface area contributed by atoms with E-state index in [4.69, 9.17) is 9.47 Å². The molecule has 0 bridgehead atoms. The van der Waals surface area contributed by atoms with Crippen molar-refractivity contribution in [3.8, 4) is 0 Å². The summed E-state index contributed by atoms with van der Waals surface area (Å²) in [7, 11) is 1.31. The van der Waals surface area contributed by atoms with E-state index in [1.54, 1.807) is 24.3 Å². The summed E-state index contributed by atoms with van der Waals surface area (Å²) in [5, 5.41) is 12.2. The van der Waals surface area contributed by atoms with Crippen LogP contribution in [0.4, 0.5) is 11.6 Å². The van der Waals surface area contributed by atoms with Gasteiger partial charge in [-0.2, -0.15) is 0 Å². The van der Waals surface area contributed by atoms with E-state index >= 15 is 0 Å². The van der Waals surface area contributed by atoms with Crippen LogP contribution in [0.2, 0.25) is 0 Å². The lowest BCUT2D eigenvalue weighted by Gasteiger charge is -2.28. The van der Waals surface area contributed by atoms with Crippen LogP contribution in [-0.2, 0) is 20.8 Å². The summed E-state index contributed by atoms with van der Waals surface area (Å²) in [4.78, 5) is 26.6. The second kappa shape index (κ2) is 10.4. The minimum absolute atomic E-state index is 0.148. The molecule has 0 unspecified atom stereocenters. The number of carbonyl (C=O) groups is 2. The first kappa shape index (κ1) is 22.1. The third-order valence-corrected chi connectivity index (χ3v) is 5.44. The molecule has 10 heteroatoms. The molecule has 1 aromatic heterocycles. The van der Waals surface area contributed by atoms with Crippen molar-refractivity contribution < 1.29 is 19.1 Å². The van der Waals surface area contributed by atoms with E-state index < -0.39 is 5.97 Å². The SMILES string of the molecule is COC(=O)c1ccccc1NC(=O)CSc1nnc(N2CCOCC2)n1CC(C)C. The molecule has 2 aromatic rings. The molecule has 1 N–H and O–H groups in total. The van der Waals surface area contributed by atoms with Gasteiger partial charge in [0.05, 0.1) is 37.3 Å². The Kier molecular flexibility index (Phi) is 7.69. The number of hydrogen-bond acceptors (Lipinski definition) is 8. The highest BCUT2D eigenvalue weighted by Crippen LogP contribution is 2.25. The maximum Gasteiger partial charge on any atom is 0.339 e. The van der Waals surface area contributed by atoms with Gasteiger partial charge in [-0.1, -0.05) is 37.7 Å². The van der Waals surface area contributed by atoms with Gasteiger partial charge in [0.15, 0.2) is 5.16 Å². The monoisotopic (exact) mass is 433 g/mol. The van der Waals surface area contributed by atoms with Crippen LogP contribution in [0.5, 0.6) is 0 Å². The molecule has 1 fully saturated rings. The smallest absolute Gasteiger partial charge is 0.339 e. The number of thioether (sulfide) groups is 1. The van der Waals surface area contributed by atoms with Crippen LogP contribution in [0.1, 0.15) is 24.2 Å². The van der Waals surface area contributed by atoms with Gasteiger partial charge in [-0.3, -0.25) is 9.36 Å². The summed E-state index contributed by atoms with van der Waals surface area (Å²) >= 11 is 1.32. The molecule has 1 aromatic carbocycles. The Balaban J connectivity index is 1.69. The van der Waals surface area contributed by atoms with E-state index in [2.05, 4.69) is 38.8 Å². The zero-order chi connectivity index (χ0) is 21.5. The van der Waals surface area contributed by atoms with E-state index in [-0.39, 0.29) is 11.7 Å². The zero-order valence-electron chi connectivity index (χ0n) is 17.5. The Labute approximate surface area is 180 Å². The summed E-state index contributed by atoms with van der Waals surface area (Å²) in [6, 6.07) is 6.76. The molecule has 2 heterocycles. The lowest BCUT2D eigenvalue weighted by atomic mass is 10.2. The Hall–Kier alpha value is -2.59. The number of esters is 1. The molecule has 1 amide bonds. The average Bonchev–Trinajstić information content (AvgIpc) is 3.14. The Bertz CT molecular complexity index is 880. The standard InChI is InChI=1S/C20H27N5O4S/c1-14(2)12-25-19(24-8-10-29-11-9-24)22-23-20(25)30-13-17(26)21-16-7-5-4-6-15(16)18(27)28-3/h4-7,14H,8-13H2,1-3H3,(H,21,26). The largest absolute Gasteiger partial charge is 0.465 e. The van der Waals surface area contributed by atoms with Gasteiger partial charge in [0.1, 0.15) is 0 Å². The van der Waals surface area contributed by atoms with Crippen LogP contribution in [-0.4, -0.2) is 65.8 Å². The molecular formula is C20H27N5O4S. The molecule has 1 aliphatic rings. The van der Waals surface area contributed by atoms with Gasteiger partial charge in [-0.25, -0.2) is 4.79 Å². The highest BCUT2D eigenvalue weighted by molar-refractivity contribution is 7.99. The predicted molar refractivity (Wildman–Crippen MR) is 115 cm³/mol. The van der Waals surface area contributed by atoms with Crippen molar-refractivity contribution in [2.24, 2.45) is 5.92 Å². The number of ether oxygens (including phenoxy) is 2. The summed E-state index contributed by atoms with van der Waals surface area (Å²) in [5.41, 5.74) is 0.739. The van der Waals surface area contributed by atoms with Crippen LogP contribution in [0.15, 0.2) is 29.4 Å². The number of amides is 1. The molecule has 0 radical (unpaired) electrons. The van der Waals surface area contributed by atoms with Crippen molar-refractivity contribution in [1.29, 1.82) is 0 Å². The number of anilines is 2. The van der Waals surface area contributed by atoms with Crippen LogP contribution >= 0.6 is 11.8 Å². The van der Waals surface area contributed by atoms with Crippen molar-refractivity contribution in [1.82, 2.24) is 14.8 Å². The van der Waals surface area contributed by atoms with E-state index in [0.717, 1.165) is 25.6 Å². The van der Waals surface area contributed by atoms with Crippen LogP contribution in [0, 0.1) is 5.92 Å². The van der Waals surface area contributed by atoms with E-state index in [9.17, 15) is 9.59 Å². The van der Waals surface area contributed by atoms with Crippen LogP contribution in [0.3, 0.4) is 0 Å². The fourth-order valence-corrected chi connectivity index (χ4v) is 3.85. The Morgan fingerprint density at radius 3 is 2.67 bits per heavy atom. The summed E-state index contributed by atoms with van der Waals surface area (Å²) < 4.78 is 12.3. The van der Waals surface area contributed by atoms with Gasteiger partial charge in [0.2, 0.25) is 11.9 Å². The molecule has 30 heavy (non-hydrogen) atoms. The number of hydrogen-bond donors (Lipinski definition) is 1. The topological polar surface area (TPSA) is 98.6 Å². The van der Waals surface area contributed by atoms with Gasteiger partial charge in [0.25, 0.3) is 0 Å². The fraction of sp³-hybridized carbons (Fsp3) is 0.500. The molecule has 1 aliphatic heterocycles. The second-order valence-corrected chi connectivity index (χ2v) is 8.20. The maximum atomic E-state index is 12.5. The fourth-order valence-electron chi connectivity index (χ4n) is 3.11. The van der Waals surface area contributed by atoms with Crippen molar-refractivity contribution in [2.75, 3.05) is 49.4 Å². The summed E-state index contributed by atoms with van der Waals surface area (Å²) in [6.45, 7) is 7.90. The number of benzene rings is 1. The lowest BCUT2D eigenvalue weighted by Crippen LogP contribution is -2.38. The molecule has 0 saturated carbocycles. The first-order valence-electron chi connectivity index (χ1n) is 9.85. The summed E-state index contributed by atoms with van der Waals surface area (Å²) in [5.74, 6) is 0.634. The third-order valence-electron chi connectivity index (χ3n) is 4.48. The predicted octanol–water partition coefficient (Wildman–Crippen LogP) is 2.29. The van der Waals surface area contributed by atoms with Gasteiger partial charge < -0.3 is 19.7 Å². The molecule has 1 saturated heterocycles. The normalized spacial score (nSPS) is 14.1. The molecule has 162 valence electrons. The average molecular weight is 434 g/mol. The highest BCUT2D eigenvalue weighted by Gasteiger charge is 2.22. The van der Waals surface area contributed by atoms with E-state index in [1.165, 1.54) is 18.9 Å². The first-order valence-corrected chi connectivity index (χ1v) is 10.8. The highest BCUT2D eigenvalue weighted by atomic mass is 32.2. The number of para-hydroxylation sites is 1. The van der Waals surface area contributed by atoms with Crippen LogP contribution in [0.25, 0.3) is 0 Å². The number of nitrogens with zero attached hydrogens (tertiary/aromatic N) is 4. The number of rotatable bonds is 8. The van der Waals surface area contributed by atoms with Gasteiger partial charge >= 0.3 is 5.97 Å². The lowest BCUT2D eigenvalue weighted by molar-refractivity contribution is -0.113. The number of morpholine rings is 1. The maximum absolute atomic E-state index is 12.5. The van der Waals surface area contributed by atoms with Gasteiger partial charge in [0, 0.05) is 19.6 Å². The minimum atomic E-state index is -0.495. The summed E-state index contributed by atoms with van der Waals surface area (Å²) in [6.07, 6.45) is 0. The molecule has 0 atom stereocenters. The Morgan fingerprint density at radius 1 is 1.23 bits per heavy atom. The molecule has 3 rings (SSSR count). The van der Waals surface area contributed by atoms with Gasteiger partial charge in [-0.15, -0.1) is 10.2 Å². The molecule has 0 spiro atoms. The van der Waals surface area contributed by atoms with Crippen molar-refractivity contribution in [3.05, 3.63) is 29.8 Å². The third kappa shape index (κ3) is 5.51. The van der Waals surface area contributed by atoms with Gasteiger partial charge in [-0.05, 0) is 18.1 Å². The number of carbonyl (C=O) groups excluding carboxylic acids is 2. The minimum Gasteiger partial charge on any atom is -0.465 e. The second-order valence-electron chi connectivity index (χ2n) is 7.26. The Morgan fingerprint density at radius 2 is 1.97 bits per heavy atom. The first-order chi connectivity index (χ1) is 14.5. The van der Waals surface area contributed by atoms with Crippen molar-refractivity contribution in [2.45, 2.75) is 25.5 Å². The van der Waals surface area contributed by atoms with E-state index in [0.29, 0.717) is 35.5 Å². The van der Waals surface area contributed by atoms with Crippen molar-refractivity contribution in [3.63, 3.8) is 0 Å². The molecule has 9 nitrogen and oxygen atoms in total. The van der Waals surface area contributed by atoms with E-state index in [1.807, 2.05) is 0 Å². The van der Waals surface area contributed by atoms with Crippen molar-refractivity contribution >= 4 is 35.3 Å². The number of nitrogens with one attached hydrogen (secondary N) is 1.